The summed E-state index contributed by atoms with van der Waals surface area (Å²) in [6.07, 6.45) is 6.79. The molecule has 2 amide bonds. The van der Waals surface area contributed by atoms with E-state index in [9.17, 15) is 9.59 Å². The number of aromatic nitrogens is 2. The molecular formula is C34H45N5O4. The lowest BCUT2D eigenvalue weighted by molar-refractivity contribution is -0.160. The number of carbonyl (C=O) groups is 2. The molecule has 1 saturated carbocycles. The minimum atomic E-state index is -1.08. The van der Waals surface area contributed by atoms with Gasteiger partial charge in [0.25, 0.3) is 0 Å². The smallest absolute Gasteiger partial charge is 0.349 e. The molecule has 1 aliphatic carbocycles. The molecule has 2 aliphatic rings. The van der Waals surface area contributed by atoms with E-state index < -0.39 is 5.60 Å². The van der Waals surface area contributed by atoms with Crippen molar-refractivity contribution in [1.29, 1.82) is 0 Å². The van der Waals surface area contributed by atoms with Crippen molar-refractivity contribution < 1.29 is 19.1 Å². The summed E-state index contributed by atoms with van der Waals surface area (Å²) < 4.78 is 11.7. The van der Waals surface area contributed by atoms with E-state index in [1.807, 2.05) is 37.1 Å². The van der Waals surface area contributed by atoms with E-state index in [1.165, 1.54) is 0 Å². The Labute approximate surface area is 254 Å². The van der Waals surface area contributed by atoms with Gasteiger partial charge in [-0.05, 0) is 81.0 Å². The Balaban J connectivity index is 1.16. The van der Waals surface area contributed by atoms with Crippen LogP contribution in [0.25, 0.3) is 11.1 Å². The molecule has 1 aromatic heterocycles. The van der Waals surface area contributed by atoms with Gasteiger partial charge < -0.3 is 25.0 Å². The normalized spacial score (nSPS) is 18.9. The fourth-order valence-electron chi connectivity index (χ4n) is 6.19. The fraction of sp³-hybridized carbons (Fsp3) is 0.500. The Bertz CT molecular complexity index is 1390. The third kappa shape index (κ3) is 7.14. The highest BCUT2D eigenvalue weighted by Gasteiger charge is 2.48. The van der Waals surface area contributed by atoms with Crippen LogP contribution in [-0.2, 0) is 16.1 Å². The van der Waals surface area contributed by atoms with Crippen molar-refractivity contribution in [1.82, 2.24) is 15.1 Å². The first-order valence-electron chi connectivity index (χ1n) is 15.4. The number of urea groups is 1. The van der Waals surface area contributed by atoms with Crippen molar-refractivity contribution in [3.63, 3.8) is 0 Å². The van der Waals surface area contributed by atoms with E-state index in [2.05, 4.69) is 52.4 Å². The number of piperidine rings is 1. The first-order chi connectivity index (χ1) is 20.5. The van der Waals surface area contributed by atoms with Crippen LogP contribution in [0.5, 0.6) is 5.75 Å². The maximum Gasteiger partial charge on any atom is 0.349 e. The van der Waals surface area contributed by atoms with E-state index in [-0.39, 0.29) is 24.0 Å². The zero-order chi connectivity index (χ0) is 30.7. The molecule has 2 heterocycles. The van der Waals surface area contributed by atoms with Crippen molar-refractivity contribution in [2.75, 3.05) is 24.6 Å². The lowest BCUT2D eigenvalue weighted by Crippen LogP contribution is -2.41. The molecule has 1 aliphatic heterocycles. The maximum atomic E-state index is 12.7. The highest BCUT2D eigenvalue weighted by atomic mass is 16.6. The lowest BCUT2D eigenvalue weighted by Gasteiger charge is -2.36. The van der Waals surface area contributed by atoms with E-state index >= 15 is 0 Å². The topological polar surface area (TPSA) is 114 Å². The van der Waals surface area contributed by atoms with Gasteiger partial charge in [-0.1, -0.05) is 44.2 Å². The van der Waals surface area contributed by atoms with Gasteiger partial charge in [-0.2, -0.15) is 5.10 Å². The summed E-state index contributed by atoms with van der Waals surface area (Å²) in [5, 5.41) is 6.86. The van der Waals surface area contributed by atoms with E-state index in [0.29, 0.717) is 30.7 Å². The molecule has 3 aromatic rings. The highest BCUT2D eigenvalue weighted by Crippen LogP contribution is 2.47. The Kier molecular flexibility index (Phi) is 8.99. The van der Waals surface area contributed by atoms with Crippen molar-refractivity contribution in [2.24, 2.45) is 23.5 Å². The monoisotopic (exact) mass is 587 g/mol. The highest BCUT2D eigenvalue weighted by molar-refractivity contribution is 5.79. The number of benzene rings is 2. The molecule has 9 heteroatoms. The van der Waals surface area contributed by atoms with Gasteiger partial charge in [-0.25, -0.2) is 9.59 Å². The molecule has 2 aromatic carbocycles. The molecule has 2 atom stereocenters. The number of esters is 1. The average Bonchev–Trinajstić information content (AvgIpc) is 3.57. The third-order valence-electron chi connectivity index (χ3n) is 8.77. The number of primary amides is 1. The molecular weight excluding hydrogens is 542 g/mol. The van der Waals surface area contributed by atoms with Gasteiger partial charge in [0.05, 0.1) is 12.8 Å². The number of nitrogens with one attached hydrogen (secondary N) is 1. The number of rotatable bonds is 11. The third-order valence-corrected chi connectivity index (χ3v) is 8.77. The van der Waals surface area contributed by atoms with Gasteiger partial charge in [-0.3, -0.25) is 5.10 Å². The molecule has 0 radical (unpaired) electrons. The molecule has 2 fully saturated rings. The Hall–Kier alpha value is -4.01. The van der Waals surface area contributed by atoms with Gasteiger partial charge in [0.15, 0.2) is 5.60 Å². The summed E-state index contributed by atoms with van der Waals surface area (Å²) in [7, 11) is 0. The number of amides is 2. The van der Waals surface area contributed by atoms with Crippen LogP contribution in [-0.4, -0.2) is 58.4 Å². The van der Waals surface area contributed by atoms with Crippen LogP contribution in [0.1, 0.15) is 58.1 Å². The average molecular weight is 588 g/mol. The summed E-state index contributed by atoms with van der Waals surface area (Å²) in [5.41, 5.74) is 10.1. The van der Waals surface area contributed by atoms with Gasteiger partial charge in [0.1, 0.15) is 5.75 Å². The molecule has 3 N–H and O–H groups in total. The number of hydrogen-bond donors (Lipinski definition) is 2. The van der Waals surface area contributed by atoms with Gasteiger partial charge >= 0.3 is 12.0 Å². The minimum Gasteiger partial charge on any atom is -0.476 e. The number of H-pyrrole nitrogens is 1. The fourth-order valence-corrected chi connectivity index (χ4v) is 6.19. The lowest BCUT2D eigenvalue weighted by atomic mass is 9.91. The number of anilines is 1. The number of hydrogen-bond acceptors (Lipinski definition) is 6. The first-order valence-corrected chi connectivity index (χ1v) is 15.4. The van der Waals surface area contributed by atoms with E-state index in [0.717, 1.165) is 60.3 Å². The number of ether oxygens (including phenoxy) is 2. The zero-order valence-electron chi connectivity index (χ0n) is 26.0. The second-order valence-corrected chi connectivity index (χ2v) is 12.9. The predicted octanol–water partition coefficient (Wildman–Crippen LogP) is 5.93. The Morgan fingerprint density at radius 3 is 2.47 bits per heavy atom. The van der Waals surface area contributed by atoms with Crippen LogP contribution in [0.3, 0.4) is 0 Å². The zero-order valence-corrected chi connectivity index (χ0v) is 26.0. The van der Waals surface area contributed by atoms with Gasteiger partial charge in [0, 0.05) is 48.7 Å². The second-order valence-electron chi connectivity index (χ2n) is 12.9. The van der Waals surface area contributed by atoms with Gasteiger partial charge in [-0.15, -0.1) is 0 Å². The maximum absolute atomic E-state index is 12.7. The van der Waals surface area contributed by atoms with Crippen LogP contribution in [0.4, 0.5) is 10.5 Å². The van der Waals surface area contributed by atoms with E-state index in [4.69, 9.17) is 15.2 Å². The van der Waals surface area contributed by atoms with Crippen LogP contribution in [0, 0.1) is 24.7 Å². The molecule has 5 rings (SSSR count). The second kappa shape index (κ2) is 12.7. The number of carbonyl (C=O) groups excluding carboxylic acids is 2. The van der Waals surface area contributed by atoms with E-state index in [1.54, 1.807) is 20.0 Å². The Morgan fingerprint density at radius 2 is 1.84 bits per heavy atom. The van der Waals surface area contributed by atoms with Crippen LogP contribution in [0.15, 0.2) is 54.9 Å². The van der Waals surface area contributed by atoms with Crippen LogP contribution < -0.4 is 15.4 Å². The Morgan fingerprint density at radius 1 is 1.12 bits per heavy atom. The standard InChI is InChI=1S/C34H45N5O4/c1-22(2)21-42-32(40)34(4,5)43-31-8-6-7-29(23(31)3)38-15-13-26(14-16-38)28-17-30(28)39(33(35)41)20-24-9-11-25(12-10-24)27-18-36-37-19-27/h6-12,18-19,22,26,28,30H,13-17,20-21H2,1-5H3,(H2,35,41)(H,36,37). The molecule has 43 heavy (non-hydrogen) atoms. The largest absolute Gasteiger partial charge is 0.476 e. The number of nitrogens with two attached hydrogens (primary N) is 1. The number of nitrogens with zero attached hydrogens (tertiary/aromatic N) is 3. The predicted molar refractivity (Wildman–Crippen MR) is 168 cm³/mol. The molecule has 1 saturated heterocycles. The van der Waals surface area contributed by atoms with Crippen molar-refractivity contribution >= 4 is 17.7 Å². The minimum absolute atomic E-state index is 0.193. The molecule has 0 bridgehead atoms. The molecule has 2 unspecified atom stereocenters. The van der Waals surface area contributed by atoms with Crippen LogP contribution in [0.2, 0.25) is 0 Å². The van der Waals surface area contributed by atoms with Gasteiger partial charge in [0.2, 0.25) is 0 Å². The van der Waals surface area contributed by atoms with Crippen molar-refractivity contribution in [3.05, 3.63) is 66.0 Å². The van der Waals surface area contributed by atoms with Crippen LogP contribution >= 0.6 is 0 Å². The molecule has 9 nitrogen and oxygen atoms in total. The quantitative estimate of drug-likeness (QED) is 0.269. The van der Waals surface area contributed by atoms with Crippen molar-refractivity contribution in [3.8, 4) is 16.9 Å². The molecule has 0 spiro atoms. The summed E-state index contributed by atoms with van der Waals surface area (Å²) in [6, 6.07) is 14.1. The number of aromatic amines is 1. The summed E-state index contributed by atoms with van der Waals surface area (Å²) in [4.78, 5) is 29.4. The SMILES string of the molecule is Cc1c(OC(C)(C)C(=O)OCC(C)C)cccc1N1CCC(C2CC2N(Cc2ccc(-c3cn[nH]c3)cc2)C(N)=O)CC1. The van der Waals surface area contributed by atoms with Crippen molar-refractivity contribution in [2.45, 2.75) is 72.1 Å². The summed E-state index contributed by atoms with van der Waals surface area (Å²) >= 11 is 0. The molecule has 230 valence electrons. The first kappa shape index (κ1) is 30.4. The summed E-state index contributed by atoms with van der Waals surface area (Å²) in [6.45, 7) is 12.4. The summed E-state index contributed by atoms with van der Waals surface area (Å²) in [5.74, 6) is 1.64.